The molecule has 0 saturated carbocycles. The van der Waals surface area contributed by atoms with Crippen molar-refractivity contribution in [1.29, 1.82) is 0 Å². The molecule has 0 aliphatic heterocycles. The first kappa shape index (κ1) is 18.6. The van der Waals surface area contributed by atoms with Gasteiger partial charge in [0.1, 0.15) is 5.56 Å². The van der Waals surface area contributed by atoms with Crippen LogP contribution in [-0.2, 0) is 13.1 Å². The van der Waals surface area contributed by atoms with E-state index in [-0.39, 0.29) is 11.3 Å². The lowest BCUT2D eigenvalue weighted by Crippen LogP contribution is -2.26. The second kappa shape index (κ2) is 8.94. The van der Waals surface area contributed by atoms with Crippen molar-refractivity contribution >= 4 is 11.6 Å². The number of nitrogens with zero attached hydrogens (tertiary/aromatic N) is 2. The van der Waals surface area contributed by atoms with Gasteiger partial charge in [-0.1, -0.05) is 50.2 Å². The molecular formula is C19H23N3O3. The average Bonchev–Trinajstić information content (AvgIpc) is 2.64. The maximum absolute atomic E-state index is 12.4. The number of para-hydroxylation sites is 1. The summed E-state index contributed by atoms with van der Waals surface area (Å²) < 4.78 is 0. The summed E-state index contributed by atoms with van der Waals surface area (Å²) in [4.78, 5) is 25.2. The summed E-state index contributed by atoms with van der Waals surface area (Å²) in [5.41, 5.74) is 2.06. The summed E-state index contributed by atoms with van der Waals surface area (Å²) in [7, 11) is 0. The maximum Gasteiger partial charge on any atom is 0.282 e. The van der Waals surface area contributed by atoms with Gasteiger partial charge in [-0.25, -0.2) is 0 Å². The van der Waals surface area contributed by atoms with E-state index in [4.69, 9.17) is 0 Å². The summed E-state index contributed by atoms with van der Waals surface area (Å²) in [5, 5.41) is 13.9. The van der Waals surface area contributed by atoms with Gasteiger partial charge < -0.3 is 5.32 Å². The standard InChI is InChI=1S/C19H23N3O3/c1-3-21(4-2)14-16-10-6-5-9-15(16)13-20-19(23)17-11-7-8-12-18(17)22(24)25/h5-12H,3-4,13-14H2,1-2H3,(H,20,23). The minimum absolute atomic E-state index is 0.0775. The van der Waals surface area contributed by atoms with Gasteiger partial charge in [0.15, 0.2) is 0 Å². The topological polar surface area (TPSA) is 75.5 Å². The third kappa shape index (κ3) is 4.87. The van der Waals surface area contributed by atoms with E-state index in [9.17, 15) is 14.9 Å². The van der Waals surface area contributed by atoms with Gasteiger partial charge >= 0.3 is 0 Å². The number of nitrogens with one attached hydrogen (secondary N) is 1. The fourth-order valence-corrected chi connectivity index (χ4v) is 2.67. The number of nitro benzene ring substituents is 1. The molecule has 1 amide bonds. The molecular weight excluding hydrogens is 318 g/mol. The van der Waals surface area contributed by atoms with E-state index in [0.717, 1.165) is 30.8 Å². The average molecular weight is 341 g/mol. The molecule has 0 heterocycles. The molecule has 0 saturated heterocycles. The molecule has 1 N–H and O–H groups in total. The highest BCUT2D eigenvalue weighted by Crippen LogP contribution is 2.18. The Morgan fingerprint density at radius 1 is 1.04 bits per heavy atom. The maximum atomic E-state index is 12.4. The lowest BCUT2D eigenvalue weighted by molar-refractivity contribution is -0.385. The number of rotatable bonds is 8. The highest BCUT2D eigenvalue weighted by Gasteiger charge is 2.19. The molecule has 0 unspecified atom stereocenters. The molecule has 0 radical (unpaired) electrons. The predicted molar refractivity (Wildman–Crippen MR) is 97.3 cm³/mol. The first-order valence-corrected chi connectivity index (χ1v) is 8.37. The van der Waals surface area contributed by atoms with Gasteiger partial charge in [-0.2, -0.15) is 0 Å². The fraction of sp³-hybridized carbons (Fsp3) is 0.316. The zero-order valence-corrected chi connectivity index (χ0v) is 14.6. The van der Waals surface area contributed by atoms with Crippen LogP contribution in [0.25, 0.3) is 0 Å². The third-order valence-corrected chi connectivity index (χ3v) is 4.19. The van der Waals surface area contributed by atoms with Crippen LogP contribution < -0.4 is 5.32 Å². The van der Waals surface area contributed by atoms with Gasteiger partial charge in [-0.15, -0.1) is 0 Å². The Morgan fingerprint density at radius 2 is 1.64 bits per heavy atom. The van der Waals surface area contributed by atoms with Crippen molar-refractivity contribution in [2.75, 3.05) is 13.1 Å². The van der Waals surface area contributed by atoms with Gasteiger partial charge in [0.2, 0.25) is 0 Å². The molecule has 0 aromatic heterocycles. The van der Waals surface area contributed by atoms with Crippen molar-refractivity contribution in [3.8, 4) is 0 Å². The molecule has 0 aliphatic rings. The second-order valence-electron chi connectivity index (χ2n) is 5.69. The summed E-state index contributed by atoms with van der Waals surface area (Å²) in [6.45, 7) is 7.28. The van der Waals surface area contributed by atoms with E-state index in [1.807, 2.05) is 24.3 Å². The fourth-order valence-electron chi connectivity index (χ4n) is 2.67. The highest BCUT2D eigenvalue weighted by molar-refractivity contribution is 5.98. The van der Waals surface area contributed by atoms with E-state index in [1.54, 1.807) is 12.1 Å². The molecule has 0 bridgehead atoms. The molecule has 0 spiro atoms. The van der Waals surface area contributed by atoms with Gasteiger partial charge in [0.25, 0.3) is 11.6 Å². The van der Waals surface area contributed by atoms with Crippen LogP contribution in [0.15, 0.2) is 48.5 Å². The van der Waals surface area contributed by atoms with Crippen LogP contribution in [-0.4, -0.2) is 28.8 Å². The van der Waals surface area contributed by atoms with Crippen LogP contribution in [0.4, 0.5) is 5.69 Å². The molecule has 2 aromatic rings. The van der Waals surface area contributed by atoms with E-state index in [0.29, 0.717) is 6.54 Å². The molecule has 0 aliphatic carbocycles. The van der Waals surface area contributed by atoms with E-state index in [2.05, 4.69) is 24.1 Å². The number of benzene rings is 2. The lowest BCUT2D eigenvalue weighted by atomic mass is 10.1. The summed E-state index contributed by atoms with van der Waals surface area (Å²) in [6, 6.07) is 13.9. The van der Waals surface area contributed by atoms with E-state index >= 15 is 0 Å². The van der Waals surface area contributed by atoms with E-state index in [1.165, 1.54) is 12.1 Å². The quantitative estimate of drug-likeness (QED) is 0.590. The Morgan fingerprint density at radius 3 is 2.28 bits per heavy atom. The minimum Gasteiger partial charge on any atom is -0.348 e. The first-order valence-electron chi connectivity index (χ1n) is 8.37. The van der Waals surface area contributed by atoms with Crippen molar-refractivity contribution in [2.24, 2.45) is 0 Å². The molecule has 2 rings (SSSR count). The molecule has 2 aromatic carbocycles. The van der Waals surface area contributed by atoms with Gasteiger partial charge in [-0.05, 0) is 30.3 Å². The van der Waals surface area contributed by atoms with Gasteiger partial charge in [0.05, 0.1) is 4.92 Å². The Labute approximate surface area is 147 Å². The predicted octanol–water partition coefficient (Wildman–Crippen LogP) is 3.37. The van der Waals surface area contributed by atoms with Crippen LogP contribution in [0.3, 0.4) is 0 Å². The number of amides is 1. The zero-order chi connectivity index (χ0) is 18.2. The molecule has 0 atom stereocenters. The molecule has 6 nitrogen and oxygen atoms in total. The Kier molecular flexibility index (Phi) is 6.65. The normalized spacial score (nSPS) is 10.7. The second-order valence-corrected chi connectivity index (χ2v) is 5.69. The van der Waals surface area contributed by atoms with E-state index < -0.39 is 10.8 Å². The van der Waals surface area contributed by atoms with Crippen LogP contribution in [0.1, 0.15) is 35.3 Å². The molecule has 132 valence electrons. The first-order chi connectivity index (χ1) is 12.1. The summed E-state index contributed by atoms with van der Waals surface area (Å²) in [6.07, 6.45) is 0. The number of nitro groups is 1. The van der Waals surface area contributed by atoms with Crippen LogP contribution in [0.5, 0.6) is 0 Å². The van der Waals surface area contributed by atoms with Crippen LogP contribution in [0.2, 0.25) is 0 Å². The van der Waals surface area contributed by atoms with Crippen molar-refractivity contribution in [1.82, 2.24) is 10.2 Å². The minimum atomic E-state index is -0.538. The Balaban J connectivity index is 2.12. The summed E-state index contributed by atoms with van der Waals surface area (Å²) >= 11 is 0. The van der Waals surface area contributed by atoms with Gasteiger partial charge in [0, 0.05) is 19.2 Å². The SMILES string of the molecule is CCN(CC)Cc1ccccc1CNC(=O)c1ccccc1[N+](=O)[O-]. The van der Waals surface area contributed by atoms with Crippen molar-refractivity contribution in [2.45, 2.75) is 26.9 Å². The zero-order valence-electron chi connectivity index (χ0n) is 14.6. The van der Waals surface area contributed by atoms with Crippen molar-refractivity contribution in [3.63, 3.8) is 0 Å². The Hall–Kier alpha value is -2.73. The number of hydrogen-bond donors (Lipinski definition) is 1. The van der Waals surface area contributed by atoms with Crippen LogP contribution >= 0.6 is 0 Å². The largest absolute Gasteiger partial charge is 0.348 e. The molecule has 25 heavy (non-hydrogen) atoms. The van der Waals surface area contributed by atoms with Crippen molar-refractivity contribution in [3.05, 3.63) is 75.3 Å². The monoisotopic (exact) mass is 341 g/mol. The number of carbonyl (C=O) groups is 1. The highest BCUT2D eigenvalue weighted by atomic mass is 16.6. The Bertz CT molecular complexity index is 742. The summed E-state index contributed by atoms with van der Waals surface area (Å²) in [5.74, 6) is -0.440. The smallest absolute Gasteiger partial charge is 0.282 e. The lowest BCUT2D eigenvalue weighted by Gasteiger charge is -2.20. The number of hydrogen-bond acceptors (Lipinski definition) is 4. The van der Waals surface area contributed by atoms with Gasteiger partial charge in [-0.3, -0.25) is 19.8 Å². The third-order valence-electron chi connectivity index (χ3n) is 4.19. The number of carbonyl (C=O) groups excluding carboxylic acids is 1. The molecule has 6 heteroatoms. The van der Waals surface area contributed by atoms with Crippen molar-refractivity contribution < 1.29 is 9.72 Å². The molecule has 0 fully saturated rings. The van der Waals surface area contributed by atoms with Crippen LogP contribution in [0, 0.1) is 10.1 Å².